The number of aromatic amines is 1. The molecule has 5 rings (SSSR count). The predicted molar refractivity (Wildman–Crippen MR) is 126 cm³/mol. The van der Waals surface area contributed by atoms with Crippen molar-refractivity contribution in [3.05, 3.63) is 83.3 Å². The SMILES string of the molecule is O=C(c1ccc(-c2ncc(C#Cc3ccc4[nH]ccc4c3)cn2)cc1C(F)(F)F)N1CCNCC1. The lowest BCUT2D eigenvalue weighted by Crippen LogP contribution is -2.46. The Morgan fingerprint density at radius 2 is 1.69 bits per heavy atom. The van der Waals surface area contributed by atoms with E-state index in [1.54, 1.807) is 0 Å². The highest BCUT2D eigenvalue weighted by molar-refractivity contribution is 5.96. The van der Waals surface area contributed by atoms with Crippen molar-refractivity contribution in [1.29, 1.82) is 0 Å². The Morgan fingerprint density at radius 1 is 0.943 bits per heavy atom. The van der Waals surface area contributed by atoms with Crippen LogP contribution in [0.4, 0.5) is 13.2 Å². The van der Waals surface area contributed by atoms with Crippen molar-refractivity contribution in [2.75, 3.05) is 26.2 Å². The molecular formula is C26H20F3N5O. The van der Waals surface area contributed by atoms with Crippen LogP contribution in [0.5, 0.6) is 0 Å². The Labute approximate surface area is 199 Å². The minimum absolute atomic E-state index is 0.121. The lowest BCUT2D eigenvalue weighted by molar-refractivity contribution is -0.138. The average molecular weight is 475 g/mol. The number of hydrogen-bond donors (Lipinski definition) is 2. The normalized spacial score (nSPS) is 14.0. The van der Waals surface area contributed by atoms with E-state index in [1.165, 1.54) is 29.4 Å². The van der Waals surface area contributed by atoms with E-state index < -0.39 is 17.6 Å². The van der Waals surface area contributed by atoms with Gasteiger partial charge >= 0.3 is 6.18 Å². The molecule has 0 atom stereocenters. The summed E-state index contributed by atoms with van der Waals surface area (Å²) in [5.41, 5.74) is 1.18. The third-order valence-electron chi connectivity index (χ3n) is 5.77. The summed E-state index contributed by atoms with van der Waals surface area (Å²) in [4.78, 5) is 25.7. The number of H-pyrrole nitrogens is 1. The summed E-state index contributed by atoms with van der Waals surface area (Å²) >= 11 is 0. The van der Waals surface area contributed by atoms with E-state index in [0.29, 0.717) is 31.7 Å². The number of alkyl halides is 3. The molecule has 6 nitrogen and oxygen atoms in total. The van der Waals surface area contributed by atoms with Crippen LogP contribution in [0.3, 0.4) is 0 Å². The van der Waals surface area contributed by atoms with Crippen LogP contribution in [0.15, 0.2) is 61.1 Å². The number of carbonyl (C=O) groups is 1. The van der Waals surface area contributed by atoms with Crippen LogP contribution in [-0.2, 0) is 6.18 Å². The van der Waals surface area contributed by atoms with Gasteiger partial charge in [-0.05, 0) is 36.4 Å². The maximum atomic E-state index is 13.8. The first kappa shape index (κ1) is 22.6. The molecule has 1 fully saturated rings. The number of nitrogens with one attached hydrogen (secondary N) is 2. The van der Waals surface area contributed by atoms with Gasteiger partial charge in [-0.2, -0.15) is 13.2 Å². The topological polar surface area (TPSA) is 73.9 Å². The van der Waals surface area contributed by atoms with Crippen molar-refractivity contribution >= 4 is 16.8 Å². The van der Waals surface area contributed by atoms with Gasteiger partial charge in [0.15, 0.2) is 5.82 Å². The molecule has 0 radical (unpaired) electrons. The van der Waals surface area contributed by atoms with E-state index in [9.17, 15) is 18.0 Å². The van der Waals surface area contributed by atoms with E-state index in [0.717, 1.165) is 22.5 Å². The highest BCUT2D eigenvalue weighted by Gasteiger charge is 2.37. The van der Waals surface area contributed by atoms with Crippen molar-refractivity contribution in [1.82, 2.24) is 25.2 Å². The van der Waals surface area contributed by atoms with Crippen molar-refractivity contribution in [2.45, 2.75) is 6.18 Å². The average Bonchev–Trinajstić information content (AvgIpc) is 3.35. The zero-order valence-electron chi connectivity index (χ0n) is 18.5. The molecule has 1 amide bonds. The number of nitrogens with zero attached hydrogens (tertiary/aromatic N) is 3. The first-order valence-electron chi connectivity index (χ1n) is 11.0. The highest BCUT2D eigenvalue weighted by atomic mass is 19.4. The molecule has 0 spiro atoms. The zero-order chi connectivity index (χ0) is 24.4. The zero-order valence-corrected chi connectivity index (χ0v) is 18.5. The Hall–Kier alpha value is -4.16. The number of amides is 1. The minimum atomic E-state index is -4.69. The van der Waals surface area contributed by atoms with E-state index in [4.69, 9.17) is 0 Å². The van der Waals surface area contributed by atoms with E-state index >= 15 is 0 Å². The number of piperazine rings is 1. The van der Waals surface area contributed by atoms with Gasteiger partial charge < -0.3 is 15.2 Å². The molecule has 1 saturated heterocycles. The molecular weight excluding hydrogens is 455 g/mol. The molecule has 2 aromatic heterocycles. The van der Waals surface area contributed by atoms with Crippen LogP contribution in [0.2, 0.25) is 0 Å². The molecule has 35 heavy (non-hydrogen) atoms. The third kappa shape index (κ3) is 4.88. The molecule has 2 aromatic carbocycles. The summed E-state index contributed by atoms with van der Waals surface area (Å²) in [6.07, 6.45) is 0.0989. The molecule has 2 N–H and O–H groups in total. The van der Waals surface area contributed by atoms with Crippen LogP contribution >= 0.6 is 0 Å². The molecule has 4 aromatic rings. The molecule has 0 aliphatic carbocycles. The second-order valence-corrected chi connectivity index (χ2v) is 8.13. The van der Waals surface area contributed by atoms with Crippen molar-refractivity contribution in [3.8, 4) is 23.2 Å². The number of halogens is 3. The van der Waals surface area contributed by atoms with Gasteiger partial charge in [-0.3, -0.25) is 4.79 Å². The Morgan fingerprint density at radius 3 is 2.43 bits per heavy atom. The van der Waals surface area contributed by atoms with Crippen LogP contribution in [0, 0.1) is 11.8 Å². The second-order valence-electron chi connectivity index (χ2n) is 8.13. The van der Waals surface area contributed by atoms with Gasteiger partial charge in [0.25, 0.3) is 5.91 Å². The minimum Gasteiger partial charge on any atom is -0.361 e. The van der Waals surface area contributed by atoms with E-state index in [2.05, 4.69) is 32.1 Å². The maximum Gasteiger partial charge on any atom is 0.417 e. The predicted octanol–water partition coefficient (Wildman–Crippen LogP) is 4.09. The fourth-order valence-electron chi connectivity index (χ4n) is 3.96. The van der Waals surface area contributed by atoms with Crippen molar-refractivity contribution < 1.29 is 18.0 Å². The molecule has 0 saturated carbocycles. The van der Waals surface area contributed by atoms with Gasteiger partial charge in [0, 0.05) is 66.8 Å². The number of hydrogen-bond acceptors (Lipinski definition) is 4. The fourth-order valence-corrected chi connectivity index (χ4v) is 3.96. The Bertz CT molecular complexity index is 1440. The van der Waals surface area contributed by atoms with Crippen LogP contribution in [0.25, 0.3) is 22.3 Å². The largest absolute Gasteiger partial charge is 0.417 e. The summed E-state index contributed by atoms with van der Waals surface area (Å²) in [5.74, 6) is 5.51. The number of fused-ring (bicyclic) bond motifs is 1. The van der Waals surface area contributed by atoms with Gasteiger partial charge in [-0.25, -0.2) is 9.97 Å². The molecule has 0 bridgehead atoms. The first-order valence-corrected chi connectivity index (χ1v) is 11.0. The number of aromatic nitrogens is 3. The number of carbonyl (C=O) groups excluding carboxylic acids is 1. The van der Waals surface area contributed by atoms with Gasteiger partial charge in [0.1, 0.15) is 0 Å². The summed E-state index contributed by atoms with van der Waals surface area (Å²) in [6, 6.07) is 11.3. The molecule has 1 aliphatic rings. The van der Waals surface area contributed by atoms with Gasteiger partial charge in [0.05, 0.1) is 16.7 Å². The van der Waals surface area contributed by atoms with Crippen LogP contribution < -0.4 is 5.32 Å². The maximum absolute atomic E-state index is 13.8. The van der Waals surface area contributed by atoms with Gasteiger partial charge in [0.2, 0.25) is 0 Å². The molecule has 3 heterocycles. The van der Waals surface area contributed by atoms with Crippen LogP contribution in [0.1, 0.15) is 27.0 Å². The van der Waals surface area contributed by atoms with Gasteiger partial charge in [-0.1, -0.05) is 17.9 Å². The van der Waals surface area contributed by atoms with Crippen molar-refractivity contribution in [3.63, 3.8) is 0 Å². The molecule has 1 aliphatic heterocycles. The Balaban J connectivity index is 1.40. The fraction of sp³-hybridized carbons (Fsp3) is 0.192. The monoisotopic (exact) mass is 475 g/mol. The standard InChI is InChI=1S/C26H20F3N5O/c27-26(28,29)22-14-20(4-5-21(22)25(35)34-11-9-30-10-12-34)24-32-15-18(16-33-24)2-1-17-3-6-23-19(13-17)7-8-31-23/h3-8,13-16,30-31H,9-12H2. The summed E-state index contributed by atoms with van der Waals surface area (Å²) in [6.45, 7) is 1.83. The van der Waals surface area contributed by atoms with E-state index in [-0.39, 0.29) is 17.0 Å². The number of rotatable bonds is 2. The van der Waals surface area contributed by atoms with E-state index in [1.807, 2.05) is 30.5 Å². The quantitative estimate of drug-likeness (QED) is 0.429. The Kier molecular flexibility index (Phi) is 5.97. The lowest BCUT2D eigenvalue weighted by atomic mass is 10.0. The van der Waals surface area contributed by atoms with Crippen LogP contribution in [-0.4, -0.2) is 51.9 Å². The molecule has 0 unspecified atom stereocenters. The molecule has 176 valence electrons. The first-order chi connectivity index (χ1) is 16.9. The molecule has 9 heteroatoms. The summed E-state index contributed by atoms with van der Waals surface area (Å²) < 4.78 is 41.5. The summed E-state index contributed by atoms with van der Waals surface area (Å²) in [5, 5.41) is 4.13. The smallest absolute Gasteiger partial charge is 0.361 e. The highest BCUT2D eigenvalue weighted by Crippen LogP contribution is 2.35. The van der Waals surface area contributed by atoms with Gasteiger partial charge in [-0.15, -0.1) is 0 Å². The second kappa shape index (κ2) is 9.24. The number of benzene rings is 2. The summed E-state index contributed by atoms with van der Waals surface area (Å²) in [7, 11) is 0. The van der Waals surface area contributed by atoms with Crippen molar-refractivity contribution in [2.24, 2.45) is 0 Å². The third-order valence-corrected chi connectivity index (χ3v) is 5.77. The lowest BCUT2D eigenvalue weighted by Gasteiger charge is -2.28.